The first-order valence-corrected chi connectivity index (χ1v) is 10.7. The number of benzene rings is 1. The van der Waals surface area contributed by atoms with Crippen LogP contribution in [0.3, 0.4) is 0 Å². The molecule has 1 aliphatic heterocycles. The quantitative estimate of drug-likeness (QED) is 0.416. The molecule has 2 aromatic heterocycles. The Hall–Kier alpha value is -2.05. The molecule has 1 amide bonds. The van der Waals surface area contributed by atoms with E-state index < -0.39 is 18.1 Å². The molecule has 0 radical (unpaired) electrons. The molecule has 0 spiro atoms. The van der Waals surface area contributed by atoms with Crippen LogP contribution < -0.4 is 5.32 Å². The highest BCUT2D eigenvalue weighted by molar-refractivity contribution is 8.00. The molecule has 28 heavy (non-hydrogen) atoms. The monoisotopic (exact) mass is 421 g/mol. The first-order valence-electron chi connectivity index (χ1n) is 8.69. The van der Waals surface area contributed by atoms with Crippen LogP contribution in [0.25, 0.3) is 10.9 Å². The number of β-amino-alcohol motifs (C(OH)–C–C–N with tert-alkyl or cyclic N) is 1. The fourth-order valence-corrected chi connectivity index (χ4v) is 4.30. The van der Waals surface area contributed by atoms with Crippen molar-refractivity contribution in [2.75, 3.05) is 24.7 Å². The maximum absolute atomic E-state index is 12.6. The van der Waals surface area contributed by atoms with E-state index in [1.165, 1.54) is 23.1 Å². The van der Waals surface area contributed by atoms with Crippen LogP contribution in [0.1, 0.15) is 22.5 Å². The molecule has 0 saturated carbocycles. The van der Waals surface area contributed by atoms with Crippen LogP contribution in [0.4, 0.5) is 5.13 Å². The number of carbonyl (C=O) groups excluding carboxylic acids is 1. The van der Waals surface area contributed by atoms with Gasteiger partial charge in [0.05, 0.1) is 17.6 Å². The first kappa shape index (κ1) is 19.3. The van der Waals surface area contributed by atoms with E-state index in [-0.39, 0.29) is 5.76 Å². The Balaban J connectivity index is 1.51. The van der Waals surface area contributed by atoms with E-state index >= 15 is 0 Å². The first-order chi connectivity index (χ1) is 13.5. The molecule has 148 valence electrons. The number of piperidine rings is 1. The zero-order valence-corrected chi connectivity index (χ0v) is 16.7. The van der Waals surface area contributed by atoms with Crippen molar-refractivity contribution >= 4 is 45.0 Å². The van der Waals surface area contributed by atoms with Gasteiger partial charge in [-0.15, -0.1) is 10.2 Å². The number of aliphatic hydroxyl groups is 2. The van der Waals surface area contributed by atoms with Crippen LogP contribution in [0.5, 0.6) is 0 Å². The highest BCUT2D eigenvalue weighted by Gasteiger charge is 2.26. The lowest BCUT2D eigenvalue weighted by Gasteiger charge is -2.33. The van der Waals surface area contributed by atoms with Crippen molar-refractivity contribution in [3.05, 3.63) is 29.5 Å². The smallest absolute Gasteiger partial charge is 0.296 e. The van der Waals surface area contributed by atoms with Crippen LogP contribution >= 0.6 is 23.1 Å². The molecule has 0 aliphatic carbocycles. The molecule has 3 heterocycles. The van der Waals surface area contributed by atoms with Crippen molar-refractivity contribution in [3.8, 4) is 0 Å². The lowest BCUT2D eigenvalue weighted by molar-refractivity contribution is -0.0403. The number of nitrogens with zero attached hydrogens (tertiary/aromatic N) is 4. The normalized spacial score (nSPS) is 20.5. The predicted molar refractivity (Wildman–Crippen MR) is 106 cm³/mol. The second-order valence-electron chi connectivity index (χ2n) is 6.55. The molecular weight excluding hydrogens is 402 g/mol. The van der Waals surface area contributed by atoms with Gasteiger partial charge in [-0.1, -0.05) is 34.3 Å². The maximum Gasteiger partial charge on any atom is 0.296 e. The van der Waals surface area contributed by atoms with Gasteiger partial charge in [-0.25, -0.2) is 0 Å². The topological polar surface area (TPSA) is 125 Å². The minimum absolute atomic E-state index is 0.117. The molecule has 4 rings (SSSR count). The molecule has 3 N–H and O–H groups in total. The predicted octanol–water partition coefficient (Wildman–Crippen LogP) is 1.58. The zero-order valence-electron chi connectivity index (χ0n) is 15.0. The van der Waals surface area contributed by atoms with Gasteiger partial charge in [0, 0.05) is 19.6 Å². The number of thioether (sulfide) groups is 1. The van der Waals surface area contributed by atoms with Crippen molar-refractivity contribution < 1.29 is 19.5 Å². The molecule has 9 nitrogen and oxygen atoms in total. The van der Waals surface area contributed by atoms with Gasteiger partial charge < -0.3 is 14.7 Å². The third kappa shape index (κ3) is 4.03. The largest absolute Gasteiger partial charge is 0.390 e. The van der Waals surface area contributed by atoms with Gasteiger partial charge in [0.1, 0.15) is 5.52 Å². The average molecular weight is 422 g/mol. The highest BCUT2D eigenvalue weighted by Crippen LogP contribution is 2.26. The molecule has 2 atom stereocenters. The van der Waals surface area contributed by atoms with Gasteiger partial charge in [-0.05, 0) is 30.4 Å². The summed E-state index contributed by atoms with van der Waals surface area (Å²) < 4.78 is 6.02. The zero-order chi connectivity index (χ0) is 19.7. The van der Waals surface area contributed by atoms with Crippen molar-refractivity contribution in [2.45, 2.75) is 29.5 Å². The summed E-state index contributed by atoms with van der Waals surface area (Å²) in [7, 11) is 0. The van der Waals surface area contributed by atoms with Crippen molar-refractivity contribution in [2.24, 2.45) is 0 Å². The van der Waals surface area contributed by atoms with E-state index in [1.54, 1.807) is 6.07 Å². The molecular formula is C17H19N5O4S2. The minimum atomic E-state index is -0.743. The summed E-state index contributed by atoms with van der Waals surface area (Å²) in [6.07, 6.45) is 1.01. The van der Waals surface area contributed by atoms with Crippen molar-refractivity contribution in [1.29, 1.82) is 0 Å². The van der Waals surface area contributed by atoms with Gasteiger partial charge in [0.15, 0.2) is 4.34 Å². The molecule has 11 heteroatoms. The molecule has 1 fully saturated rings. The standard InChI is InChI=1S/C17H19N5O4S2/c1-27-17-20-19-16(28-17)18-15(25)14-10-6-9(2-3-11(10)21-26-14)7-22-5-4-12(23)13(24)8-22/h2-3,6,12-13,23-24H,4-5,7-8H2,1H3,(H,18,19,25)/t12-,13-/m1/s1. The number of fused-ring (bicyclic) bond motifs is 1. The van der Waals surface area contributed by atoms with E-state index in [0.717, 1.165) is 9.90 Å². The minimum Gasteiger partial charge on any atom is -0.390 e. The number of rotatable bonds is 5. The van der Waals surface area contributed by atoms with E-state index in [1.807, 2.05) is 18.4 Å². The molecule has 1 aliphatic rings. The number of anilines is 1. The summed E-state index contributed by atoms with van der Waals surface area (Å²) >= 11 is 2.74. The fourth-order valence-electron chi connectivity index (χ4n) is 3.13. The van der Waals surface area contributed by atoms with E-state index in [4.69, 9.17) is 4.52 Å². The third-order valence-corrected chi connectivity index (χ3v) is 6.40. The van der Waals surface area contributed by atoms with Crippen LogP contribution in [-0.4, -0.2) is 67.9 Å². The van der Waals surface area contributed by atoms with Crippen LogP contribution in [0.2, 0.25) is 0 Å². The maximum atomic E-state index is 12.6. The van der Waals surface area contributed by atoms with Crippen LogP contribution in [0, 0.1) is 0 Å². The summed E-state index contributed by atoms with van der Waals surface area (Å²) in [4.78, 5) is 14.6. The molecule has 0 bridgehead atoms. The number of carbonyl (C=O) groups is 1. The van der Waals surface area contributed by atoms with Crippen LogP contribution in [0.15, 0.2) is 27.1 Å². The van der Waals surface area contributed by atoms with Gasteiger partial charge in [0.2, 0.25) is 10.9 Å². The highest BCUT2D eigenvalue weighted by atomic mass is 32.2. The number of aliphatic hydroxyl groups excluding tert-OH is 2. The average Bonchev–Trinajstić information content (AvgIpc) is 3.31. The lowest BCUT2D eigenvalue weighted by atomic mass is 10.0. The summed E-state index contributed by atoms with van der Waals surface area (Å²) in [5.41, 5.74) is 1.55. The van der Waals surface area contributed by atoms with Gasteiger partial charge >= 0.3 is 0 Å². The Morgan fingerprint density at radius 3 is 3.00 bits per heavy atom. The van der Waals surface area contributed by atoms with E-state index in [2.05, 4.69) is 25.6 Å². The Labute approximate surface area is 168 Å². The second kappa shape index (κ2) is 8.13. The van der Waals surface area contributed by atoms with Crippen LogP contribution in [-0.2, 0) is 6.54 Å². The van der Waals surface area contributed by atoms with E-state index in [0.29, 0.717) is 42.1 Å². The number of nitrogens with one attached hydrogen (secondary N) is 1. The van der Waals surface area contributed by atoms with Gasteiger partial charge in [-0.3, -0.25) is 15.0 Å². The molecule has 0 unspecified atom stereocenters. The number of hydrogen-bond donors (Lipinski definition) is 3. The number of hydrogen-bond acceptors (Lipinski definition) is 10. The Bertz CT molecular complexity index is 991. The van der Waals surface area contributed by atoms with Crippen molar-refractivity contribution in [1.82, 2.24) is 20.3 Å². The molecule has 1 aromatic carbocycles. The summed E-state index contributed by atoms with van der Waals surface area (Å²) in [6, 6.07) is 5.59. The fraction of sp³-hybridized carbons (Fsp3) is 0.412. The van der Waals surface area contributed by atoms with Gasteiger partial charge in [-0.2, -0.15) is 0 Å². The molecule has 3 aromatic rings. The summed E-state index contributed by atoms with van der Waals surface area (Å²) in [5, 5.41) is 35.1. The Kier molecular flexibility index (Phi) is 5.60. The lowest BCUT2D eigenvalue weighted by Crippen LogP contribution is -2.46. The summed E-state index contributed by atoms with van der Waals surface area (Å²) in [5.74, 6) is -0.313. The third-order valence-electron chi connectivity index (χ3n) is 4.59. The summed E-state index contributed by atoms with van der Waals surface area (Å²) in [6.45, 7) is 1.70. The van der Waals surface area contributed by atoms with Gasteiger partial charge in [0.25, 0.3) is 5.91 Å². The second-order valence-corrected chi connectivity index (χ2v) is 8.58. The SMILES string of the molecule is CSc1nnc(NC(=O)c2onc3ccc(CN4CC[C@@H](O)[C@H](O)C4)cc23)s1. The van der Waals surface area contributed by atoms with E-state index in [9.17, 15) is 15.0 Å². The molecule has 1 saturated heterocycles. The van der Waals surface area contributed by atoms with Crippen molar-refractivity contribution in [3.63, 3.8) is 0 Å². The number of aromatic nitrogens is 3. The Morgan fingerprint density at radius 2 is 2.25 bits per heavy atom. The number of likely N-dealkylation sites (tertiary alicyclic amines) is 1. The number of amides is 1. The Morgan fingerprint density at radius 1 is 1.39 bits per heavy atom.